The monoisotopic (exact) mass is 339 g/mol. The first-order valence-corrected chi connectivity index (χ1v) is 8.64. The van der Waals surface area contributed by atoms with Gasteiger partial charge in [-0.05, 0) is 37.9 Å². The van der Waals surface area contributed by atoms with Crippen molar-refractivity contribution < 1.29 is 4.74 Å². The van der Waals surface area contributed by atoms with Crippen LogP contribution in [0.3, 0.4) is 0 Å². The molecule has 0 fully saturated rings. The Morgan fingerprint density at radius 1 is 1.50 bits per heavy atom. The second-order valence-corrected chi connectivity index (χ2v) is 7.71. The lowest BCUT2D eigenvalue weighted by Crippen LogP contribution is -2.08. The van der Waals surface area contributed by atoms with Crippen LogP contribution in [0.5, 0.6) is 0 Å². The van der Waals surface area contributed by atoms with E-state index in [1.165, 1.54) is 6.04 Å². The summed E-state index contributed by atoms with van der Waals surface area (Å²) >= 11 is 6.74. The SMILES string of the molecule is C[Si](C)CCOCn1c(Br)cnc1Br. The van der Waals surface area contributed by atoms with Crippen LogP contribution >= 0.6 is 31.9 Å². The summed E-state index contributed by atoms with van der Waals surface area (Å²) in [5.41, 5.74) is 0. The van der Waals surface area contributed by atoms with Gasteiger partial charge < -0.3 is 4.74 Å². The first-order valence-electron chi connectivity index (χ1n) is 4.34. The zero-order chi connectivity index (χ0) is 10.6. The van der Waals surface area contributed by atoms with E-state index in [0.29, 0.717) is 6.73 Å². The third-order valence-corrected chi connectivity index (χ3v) is 4.19. The van der Waals surface area contributed by atoms with Gasteiger partial charge in [0.2, 0.25) is 0 Å². The Hall–Kier alpha value is 0.347. The molecule has 0 aromatic carbocycles. The lowest BCUT2D eigenvalue weighted by molar-refractivity contribution is 0.0845. The highest BCUT2D eigenvalue weighted by molar-refractivity contribution is 9.11. The fourth-order valence-electron chi connectivity index (χ4n) is 0.881. The molecule has 1 heterocycles. The number of nitrogens with zero attached hydrogens (tertiary/aromatic N) is 2. The summed E-state index contributed by atoms with van der Waals surface area (Å²) in [7, 11) is -0.169. The van der Waals surface area contributed by atoms with Crippen molar-refractivity contribution in [3.8, 4) is 0 Å². The summed E-state index contributed by atoms with van der Waals surface area (Å²) in [5.74, 6) is 0. The van der Waals surface area contributed by atoms with Crippen molar-refractivity contribution in [2.45, 2.75) is 25.9 Å². The Morgan fingerprint density at radius 3 is 2.71 bits per heavy atom. The molecule has 79 valence electrons. The summed E-state index contributed by atoms with van der Waals surface area (Å²) in [6.45, 7) is 5.96. The highest BCUT2D eigenvalue weighted by Gasteiger charge is 2.04. The van der Waals surface area contributed by atoms with Crippen LogP contribution < -0.4 is 0 Å². The van der Waals surface area contributed by atoms with E-state index >= 15 is 0 Å². The average molecular weight is 341 g/mol. The minimum atomic E-state index is -0.169. The minimum Gasteiger partial charge on any atom is -0.361 e. The fraction of sp³-hybridized carbons (Fsp3) is 0.625. The molecule has 0 unspecified atom stereocenters. The lowest BCUT2D eigenvalue weighted by Gasteiger charge is -2.08. The molecule has 0 saturated carbocycles. The Labute approximate surface area is 103 Å². The molecule has 6 heteroatoms. The van der Waals surface area contributed by atoms with Gasteiger partial charge in [-0.25, -0.2) is 4.98 Å². The molecule has 1 rings (SSSR count). The summed E-state index contributed by atoms with van der Waals surface area (Å²) in [4.78, 5) is 4.09. The second-order valence-electron chi connectivity index (χ2n) is 3.27. The van der Waals surface area contributed by atoms with Crippen LogP contribution in [0.15, 0.2) is 15.5 Å². The van der Waals surface area contributed by atoms with Crippen molar-refractivity contribution in [1.82, 2.24) is 9.55 Å². The van der Waals surface area contributed by atoms with E-state index in [9.17, 15) is 0 Å². The van der Waals surface area contributed by atoms with Gasteiger partial charge in [0.15, 0.2) is 4.73 Å². The Balaban J connectivity index is 2.31. The molecule has 0 saturated heterocycles. The molecule has 0 aliphatic rings. The summed E-state index contributed by atoms with van der Waals surface area (Å²) < 4.78 is 9.19. The van der Waals surface area contributed by atoms with Gasteiger partial charge >= 0.3 is 0 Å². The van der Waals surface area contributed by atoms with E-state index in [0.717, 1.165) is 15.9 Å². The minimum absolute atomic E-state index is 0.169. The van der Waals surface area contributed by atoms with Gasteiger partial charge in [0.1, 0.15) is 11.3 Å². The fourth-order valence-corrected chi connectivity index (χ4v) is 2.44. The first-order chi connectivity index (χ1) is 6.61. The van der Waals surface area contributed by atoms with Gasteiger partial charge in [0, 0.05) is 15.4 Å². The lowest BCUT2D eigenvalue weighted by atomic mass is 10.8. The maximum absolute atomic E-state index is 5.54. The maximum atomic E-state index is 5.54. The van der Waals surface area contributed by atoms with Crippen molar-refractivity contribution in [3.05, 3.63) is 15.5 Å². The number of aromatic nitrogens is 2. The van der Waals surface area contributed by atoms with Crippen LogP contribution in [0.4, 0.5) is 0 Å². The van der Waals surface area contributed by atoms with E-state index in [2.05, 4.69) is 49.9 Å². The molecule has 0 N–H and O–H groups in total. The molecule has 14 heavy (non-hydrogen) atoms. The molecule has 1 radical (unpaired) electrons. The smallest absolute Gasteiger partial charge is 0.179 e. The second kappa shape index (κ2) is 6.04. The summed E-state index contributed by atoms with van der Waals surface area (Å²) in [6.07, 6.45) is 1.75. The standard InChI is InChI=1S/C8H13Br2N2OSi/c1-14(2)4-3-13-6-12-7(9)5-11-8(12)10/h5H,3-4,6H2,1-2H3. The number of hydrogen-bond acceptors (Lipinski definition) is 2. The van der Waals surface area contributed by atoms with Crippen LogP contribution in [0, 0.1) is 0 Å². The average Bonchev–Trinajstić information content (AvgIpc) is 2.42. The topological polar surface area (TPSA) is 27.1 Å². The van der Waals surface area contributed by atoms with Gasteiger partial charge in [0.25, 0.3) is 0 Å². The predicted octanol–water partition coefficient (Wildman–Crippen LogP) is 3.14. The molecular weight excluding hydrogens is 328 g/mol. The molecular formula is C8H13Br2N2OSi. The van der Waals surface area contributed by atoms with Crippen molar-refractivity contribution >= 4 is 40.7 Å². The molecule has 0 aliphatic carbocycles. The zero-order valence-corrected chi connectivity index (χ0v) is 12.4. The van der Waals surface area contributed by atoms with Crippen molar-refractivity contribution in [2.24, 2.45) is 0 Å². The molecule has 0 bridgehead atoms. The van der Waals surface area contributed by atoms with Gasteiger partial charge in [-0.15, -0.1) is 0 Å². The highest BCUT2D eigenvalue weighted by Crippen LogP contribution is 2.16. The quantitative estimate of drug-likeness (QED) is 0.608. The molecule has 0 atom stereocenters. The van der Waals surface area contributed by atoms with E-state index in [1.54, 1.807) is 6.20 Å². The number of ether oxygens (including phenoxy) is 1. The van der Waals surface area contributed by atoms with Crippen LogP contribution in [0.1, 0.15) is 0 Å². The van der Waals surface area contributed by atoms with Crippen molar-refractivity contribution in [2.75, 3.05) is 6.61 Å². The van der Waals surface area contributed by atoms with E-state index in [1.807, 2.05) is 4.57 Å². The van der Waals surface area contributed by atoms with E-state index in [-0.39, 0.29) is 8.80 Å². The number of rotatable bonds is 5. The first kappa shape index (κ1) is 12.4. The molecule has 1 aromatic heterocycles. The Bertz CT molecular complexity index is 271. The molecule has 0 aliphatic heterocycles. The van der Waals surface area contributed by atoms with E-state index < -0.39 is 0 Å². The zero-order valence-electron chi connectivity index (χ0n) is 8.26. The Kier molecular flexibility index (Phi) is 5.36. The van der Waals surface area contributed by atoms with Gasteiger partial charge in [-0.1, -0.05) is 13.1 Å². The van der Waals surface area contributed by atoms with Crippen LogP contribution in [-0.4, -0.2) is 25.0 Å². The third-order valence-electron chi connectivity index (χ3n) is 1.72. The molecule has 1 aromatic rings. The third kappa shape index (κ3) is 3.84. The molecule has 0 amide bonds. The number of imidazole rings is 1. The van der Waals surface area contributed by atoms with Crippen LogP contribution in [0.25, 0.3) is 0 Å². The maximum Gasteiger partial charge on any atom is 0.179 e. The van der Waals surface area contributed by atoms with Crippen molar-refractivity contribution in [1.29, 1.82) is 0 Å². The highest BCUT2D eigenvalue weighted by atomic mass is 79.9. The van der Waals surface area contributed by atoms with Crippen molar-refractivity contribution in [3.63, 3.8) is 0 Å². The Morgan fingerprint density at radius 2 is 2.21 bits per heavy atom. The summed E-state index contributed by atoms with van der Waals surface area (Å²) in [5, 5.41) is 0. The van der Waals surface area contributed by atoms with Gasteiger partial charge in [-0.3, -0.25) is 4.57 Å². The molecule has 3 nitrogen and oxygen atoms in total. The van der Waals surface area contributed by atoms with Crippen LogP contribution in [-0.2, 0) is 11.5 Å². The normalized spacial score (nSPS) is 11.2. The van der Waals surface area contributed by atoms with E-state index in [4.69, 9.17) is 4.74 Å². The van der Waals surface area contributed by atoms with Crippen LogP contribution in [0.2, 0.25) is 19.1 Å². The number of halogens is 2. The predicted molar refractivity (Wildman–Crippen MR) is 65.9 cm³/mol. The van der Waals surface area contributed by atoms with Gasteiger partial charge in [0.05, 0.1) is 6.20 Å². The molecule has 0 spiro atoms. The number of hydrogen-bond donors (Lipinski definition) is 0. The largest absolute Gasteiger partial charge is 0.361 e. The summed E-state index contributed by atoms with van der Waals surface area (Å²) in [6, 6.07) is 1.19. The van der Waals surface area contributed by atoms with Gasteiger partial charge in [-0.2, -0.15) is 0 Å².